The van der Waals surface area contributed by atoms with Gasteiger partial charge in [0.2, 0.25) is 0 Å². The summed E-state index contributed by atoms with van der Waals surface area (Å²) in [6.07, 6.45) is 5.36. The molecule has 0 aliphatic rings. The lowest BCUT2D eigenvalue weighted by Crippen LogP contribution is -2.17. The molecular weight excluding hydrogens is 322 g/mol. The molecule has 3 heteroatoms. The number of furan rings is 1. The molecule has 2 aromatic carbocycles. The minimum Gasteiger partial charge on any atom is -0.508 e. The third kappa shape index (κ3) is 4.36. The first-order chi connectivity index (χ1) is 12.7. The van der Waals surface area contributed by atoms with Gasteiger partial charge in [0.1, 0.15) is 17.1 Å². The summed E-state index contributed by atoms with van der Waals surface area (Å²) in [4.78, 5) is 0. The van der Waals surface area contributed by atoms with Gasteiger partial charge in [-0.15, -0.1) is 6.58 Å². The molecule has 3 aromatic rings. The van der Waals surface area contributed by atoms with Gasteiger partial charge < -0.3 is 14.8 Å². The maximum atomic E-state index is 10.4. The van der Waals surface area contributed by atoms with Crippen LogP contribution in [0, 0.1) is 5.92 Å². The molecule has 0 aliphatic heterocycles. The van der Waals surface area contributed by atoms with Crippen LogP contribution in [0.3, 0.4) is 0 Å². The van der Waals surface area contributed by atoms with E-state index in [1.165, 1.54) is 6.42 Å². The molecule has 3 nitrogen and oxygen atoms in total. The average molecular weight is 349 g/mol. The first kappa shape index (κ1) is 18.3. The maximum Gasteiger partial charge on any atom is 0.135 e. The van der Waals surface area contributed by atoms with Crippen molar-refractivity contribution in [3.8, 4) is 17.1 Å². The lowest BCUT2D eigenvalue weighted by atomic mass is 9.98. The van der Waals surface area contributed by atoms with Gasteiger partial charge in [0, 0.05) is 23.1 Å². The van der Waals surface area contributed by atoms with Crippen LogP contribution >= 0.6 is 0 Å². The Morgan fingerprint density at radius 3 is 2.77 bits per heavy atom. The molecule has 1 atom stereocenters. The van der Waals surface area contributed by atoms with Crippen LogP contribution in [-0.4, -0.2) is 11.7 Å². The van der Waals surface area contributed by atoms with Crippen molar-refractivity contribution in [3.63, 3.8) is 0 Å². The van der Waals surface area contributed by atoms with E-state index >= 15 is 0 Å². The van der Waals surface area contributed by atoms with E-state index in [0.717, 1.165) is 47.2 Å². The van der Waals surface area contributed by atoms with Crippen LogP contribution in [0.4, 0.5) is 0 Å². The van der Waals surface area contributed by atoms with Crippen LogP contribution in [0.5, 0.6) is 5.75 Å². The van der Waals surface area contributed by atoms with E-state index in [1.54, 1.807) is 6.07 Å². The summed E-state index contributed by atoms with van der Waals surface area (Å²) in [6.45, 7) is 7.65. The molecule has 0 radical (unpaired) electrons. The zero-order valence-electron chi connectivity index (χ0n) is 15.4. The standard InChI is InChI=1S/C23H27NO2/c1-3-7-17(4-2)12-13-24-16-20-11-10-19(14-21(20)25)23-15-18-8-5-6-9-22(18)26-23/h3,5-6,8-11,14-15,17,24-25H,1,4,7,12-13,16H2,2H3. The largest absolute Gasteiger partial charge is 0.508 e. The molecule has 0 aliphatic carbocycles. The molecule has 0 saturated carbocycles. The number of fused-ring (bicyclic) bond motifs is 1. The third-order valence-corrected chi connectivity index (χ3v) is 4.92. The minimum atomic E-state index is 0.300. The number of hydrogen-bond donors (Lipinski definition) is 2. The van der Waals surface area contributed by atoms with Crippen molar-refractivity contribution in [2.24, 2.45) is 5.92 Å². The summed E-state index contributed by atoms with van der Waals surface area (Å²) in [7, 11) is 0. The highest BCUT2D eigenvalue weighted by molar-refractivity contribution is 5.82. The van der Waals surface area contributed by atoms with Crippen molar-refractivity contribution in [1.82, 2.24) is 5.32 Å². The fraction of sp³-hybridized carbons (Fsp3) is 0.304. The van der Waals surface area contributed by atoms with Crippen molar-refractivity contribution in [2.45, 2.75) is 32.7 Å². The van der Waals surface area contributed by atoms with Crippen molar-refractivity contribution in [3.05, 3.63) is 66.7 Å². The molecule has 0 bridgehead atoms. The van der Waals surface area contributed by atoms with Crippen LogP contribution < -0.4 is 5.32 Å². The lowest BCUT2D eigenvalue weighted by Gasteiger charge is -2.13. The Balaban J connectivity index is 1.61. The van der Waals surface area contributed by atoms with Gasteiger partial charge in [0.15, 0.2) is 0 Å². The normalized spacial score (nSPS) is 12.3. The first-order valence-electron chi connectivity index (χ1n) is 9.33. The van der Waals surface area contributed by atoms with Gasteiger partial charge >= 0.3 is 0 Å². The Morgan fingerprint density at radius 2 is 2.04 bits per heavy atom. The predicted octanol–water partition coefficient (Wildman–Crippen LogP) is 5.89. The van der Waals surface area contributed by atoms with Gasteiger partial charge in [-0.05, 0) is 43.5 Å². The molecule has 0 fully saturated rings. The number of nitrogens with one attached hydrogen (secondary N) is 1. The summed E-state index contributed by atoms with van der Waals surface area (Å²) >= 11 is 0. The van der Waals surface area contributed by atoms with Crippen molar-refractivity contribution >= 4 is 11.0 Å². The van der Waals surface area contributed by atoms with Gasteiger partial charge in [0.05, 0.1) is 0 Å². The number of rotatable bonds is 9. The van der Waals surface area contributed by atoms with Crippen LogP contribution in [0.15, 0.2) is 65.6 Å². The van der Waals surface area contributed by atoms with Crippen molar-refractivity contribution < 1.29 is 9.52 Å². The minimum absolute atomic E-state index is 0.300. The molecule has 0 saturated heterocycles. The zero-order chi connectivity index (χ0) is 18.4. The molecule has 3 rings (SSSR count). The van der Waals surface area contributed by atoms with E-state index in [1.807, 2.05) is 48.5 Å². The summed E-state index contributed by atoms with van der Waals surface area (Å²) in [5.41, 5.74) is 2.65. The van der Waals surface area contributed by atoms with E-state index < -0.39 is 0 Å². The molecule has 1 heterocycles. The smallest absolute Gasteiger partial charge is 0.135 e. The Morgan fingerprint density at radius 1 is 1.19 bits per heavy atom. The monoisotopic (exact) mass is 349 g/mol. The van der Waals surface area contributed by atoms with E-state index in [9.17, 15) is 5.11 Å². The third-order valence-electron chi connectivity index (χ3n) is 4.92. The molecule has 136 valence electrons. The van der Waals surface area contributed by atoms with Crippen LogP contribution in [0.25, 0.3) is 22.3 Å². The van der Waals surface area contributed by atoms with Gasteiger partial charge in [0.25, 0.3) is 0 Å². The number of aromatic hydroxyl groups is 1. The van der Waals surface area contributed by atoms with Gasteiger partial charge in [-0.2, -0.15) is 0 Å². The fourth-order valence-corrected chi connectivity index (χ4v) is 3.24. The number of phenolic OH excluding ortho intramolecular Hbond substituents is 1. The molecule has 2 N–H and O–H groups in total. The number of para-hydroxylation sites is 1. The number of hydrogen-bond acceptors (Lipinski definition) is 3. The molecule has 0 amide bonds. The predicted molar refractivity (Wildman–Crippen MR) is 108 cm³/mol. The first-order valence-corrected chi connectivity index (χ1v) is 9.33. The summed E-state index contributed by atoms with van der Waals surface area (Å²) in [5, 5.41) is 14.9. The molecule has 1 unspecified atom stereocenters. The SMILES string of the molecule is C=CCC(CC)CCNCc1ccc(-c2cc3ccccc3o2)cc1O. The highest BCUT2D eigenvalue weighted by Gasteiger charge is 2.09. The van der Waals surface area contributed by atoms with Crippen LogP contribution in [0.1, 0.15) is 31.7 Å². The van der Waals surface area contributed by atoms with E-state index in [4.69, 9.17) is 4.42 Å². The van der Waals surface area contributed by atoms with E-state index in [0.29, 0.717) is 18.2 Å². The fourth-order valence-electron chi connectivity index (χ4n) is 3.24. The van der Waals surface area contributed by atoms with Gasteiger partial charge in [-0.3, -0.25) is 0 Å². The zero-order valence-corrected chi connectivity index (χ0v) is 15.4. The summed E-state index contributed by atoms with van der Waals surface area (Å²) in [6, 6.07) is 15.7. The van der Waals surface area contributed by atoms with Gasteiger partial charge in [-0.1, -0.05) is 49.8 Å². The van der Waals surface area contributed by atoms with Crippen LogP contribution in [-0.2, 0) is 6.54 Å². The van der Waals surface area contributed by atoms with Crippen molar-refractivity contribution in [2.75, 3.05) is 6.54 Å². The number of allylic oxidation sites excluding steroid dienone is 1. The summed E-state index contributed by atoms with van der Waals surface area (Å²) in [5.74, 6) is 1.76. The average Bonchev–Trinajstić information content (AvgIpc) is 3.09. The quantitative estimate of drug-likeness (QED) is 0.374. The van der Waals surface area contributed by atoms with E-state index in [2.05, 4.69) is 18.8 Å². The Bertz CT molecular complexity index is 833. The second-order valence-electron chi connectivity index (χ2n) is 6.76. The lowest BCUT2D eigenvalue weighted by molar-refractivity contribution is 0.445. The highest BCUT2D eigenvalue weighted by atomic mass is 16.3. The second kappa shape index (κ2) is 8.72. The molecule has 26 heavy (non-hydrogen) atoms. The van der Waals surface area contributed by atoms with Crippen LogP contribution in [0.2, 0.25) is 0 Å². The second-order valence-corrected chi connectivity index (χ2v) is 6.76. The molecule has 0 spiro atoms. The Hall–Kier alpha value is -2.52. The maximum absolute atomic E-state index is 10.4. The number of benzene rings is 2. The summed E-state index contributed by atoms with van der Waals surface area (Å²) < 4.78 is 5.87. The number of phenols is 1. The van der Waals surface area contributed by atoms with Gasteiger partial charge in [-0.25, -0.2) is 0 Å². The topological polar surface area (TPSA) is 45.4 Å². The molecular formula is C23H27NO2. The molecule has 1 aromatic heterocycles. The Kier molecular flexibility index (Phi) is 6.13. The van der Waals surface area contributed by atoms with Crippen molar-refractivity contribution in [1.29, 1.82) is 0 Å². The Labute approximate surface area is 155 Å². The van der Waals surface area contributed by atoms with E-state index in [-0.39, 0.29) is 0 Å². The highest BCUT2D eigenvalue weighted by Crippen LogP contribution is 2.31.